The highest BCUT2D eigenvalue weighted by molar-refractivity contribution is 6.30. The van der Waals surface area contributed by atoms with Crippen molar-refractivity contribution in [3.63, 3.8) is 0 Å². The van der Waals surface area contributed by atoms with Crippen LogP contribution < -0.4 is 0 Å². The van der Waals surface area contributed by atoms with Gasteiger partial charge in [0.25, 0.3) is 0 Å². The molecule has 0 radical (unpaired) electrons. The van der Waals surface area contributed by atoms with Gasteiger partial charge in [0.05, 0.1) is 0 Å². The number of benzene rings is 1. The summed E-state index contributed by atoms with van der Waals surface area (Å²) in [4.78, 5) is 12.3. The molecule has 98 valence electrons. The Hall–Kier alpha value is -0.890. The average Bonchev–Trinajstić information content (AvgIpc) is 2.62. The van der Waals surface area contributed by atoms with E-state index in [2.05, 4.69) is 13.8 Å². The second-order valence-electron chi connectivity index (χ2n) is 5.81. The van der Waals surface area contributed by atoms with Crippen molar-refractivity contribution in [2.75, 3.05) is 0 Å². The molecule has 0 aromatic heterocycles. The van der Waals surface area contributed by atoms with Crippen LogP contribution in [0.2, 0.25) is 5.02 Å². The lowest BCUT2D eigenvalue weighted by molar-refractivity contribution is -0.124. The van der Waals surface area contributed by atoms with E-state index in [4.69, 9.17) is 11.6 Å². The molecule has 1 aliphatic carbocycles. The largest absolute Gasteiger partial charge is 0.299 e. The Morgan fingerprint density at radius 2 is 2.22 bits per heavy atom. The minimum absolute atomic E-state index is 0.0555. The van der Waals surface area contributed by atoms with Crippen molar-refractivity contribution in [1.29, 1.82) is 0 Å². The quantitative estimate of drug-likeness (QED) is 0.793. The van der Waals surface area contributed by atoms with Crippen LogP contribution >= 0.6 is 11.6 Å². The molecule has 2 rings (SSSR count). The molecular formula is C15H18ClFO. The summed E-state index contributed by atoms with van der Waals surface area (Å²) in [6, 6.07) is 4.51. The van der Waals surface area contributed by atoms with Crippen molar-refractivity contribution < 1.29 is 9.18 Å². The van der Waals surface area contributed by atoms with E-state index in [-0.39, 0.29) is 29.4 Å². The van der Waals surface area contributed by atoms with Crippen LogP contribution in [-0.2, 0) is 11.2 Å². The molecule has 1 atom stereocenters. The normalized spacial score (nSPS) is 22.1. The Labute approximate surface area is 112 Å². The van der Waals surface area contributed by atoms with Crippen LogP contribution in [0.3, 0.4) is 0 Å². The van der Waals surface area contributed by atoms with Crippen LogP contribution in [0.25, 0.3) is 0 Å². The summed E-state index contributed by atoms with van der Waals surface area (Å²) < 4.78 is 13.7. The second-order valence-corrected chi connectivity index (χ2v) is 6.25. The van der Waals surface area contributed by atoms with E-state index in [0.29, 0.717) is 10.6 Å². The fourth-order valence-corrected chi connectivity index (χ4v) is 3.06. The number of hydrogen-bond acceptors (Lipinski definition) is 1. The highest BCUT2D eigenvalue weighted by Crippen LogP contribution is 2.43. The van der Waals surface area contributed by atoms with Gasteiger partial charge >= 0.3 is 0 Å². The molecule has 0 aliphatic heterocycles. The average molecular weight is 269 g/mol. The van der Waals surface area contributed by atoms with E-state index in [1.165, 1.54) is 6.07 Å². The van der Waals surface area contributed by atoms with Gasteiger partial charge in [0, 0.05) is 17.4 Å². The lowest BCUT2D eigenvalue weighted by Gasteiger charge is -2.25. The number of carbonyl (C=O) groups excluding carboxylic acids is 1. The highest BCUT2D eigenvalue weighted by atomic mass is 35.5. The van der Waals surface area contributed by atoms with E-state index in [1.807, 2.05) is 0 Å². The van der Waals surface area contributed by atoms with Gasteiger partial charge < -0.3 is 0 Å². The molecule has 1 fully saturated rings. The summed E-state index contributed by atoms with van der Waals surface area (Å²) in [5.41, 5.74) is 0.507. The fraction of sp³-hybridized carbons (Fsp3) is 0.533. The molecule has 1 aromatic rings. The van der Waals surface area contributed by atoms with Crippen molar-refractivity contribution in [2.24, 2.45) is 11.3 Å². The first kappa shape index (κ1) is 13.5. The zero-order valence-electron chi connectivity index (χ0n) is 10.8. The molecule has 1 aromatic carbocycles. The molecule has 0 bridgehead atoms. The summed E-state index contributed by atoms with van der Waals surface area (Å²) in [5.74, 6) is -0.169. The van der Waals surface area contributed by atoms with Crippen LogP contribution in [0.1, 0.15) is 38.7 Å². The van der Waals surface area contributed by atoms with Crippen molar-refractivity contribution in [3.05, 3.63) is 34.6 Å². The molecule has 1 unspecified atom stereocenters. The Balaban J connectivity index is 2.12. The van der Waals surface area contributed by atoms with Crippen LogP contribution in [0, 0.1) is 17.2 Å². The van der Waals surface area contributed by atoms with Gasteiger partial charge in [-0.3, -0.25) is 4.79 Å². The SMILES string of the molecule is CC1(C)CCCC1C(=O)Cc1ccc(Cl)cc1F. The van der Waals surface area contributed by atoms with Crippen molar-refractivity contribution >= 4 is 17.4 Å². The number of Topliss-reactive ketones (excluding diaryl/α,β-unsaturated/α-hetero) is 1. The molecular weight excluding hydrogens is 251 g/mol. The van der Waals surface area contributed by atoms with Gasteiger partial charge in [-0.25, -0.2) is 4.39 Å². The minimum atomic E-state index is -0.383. The maximum Gasteiger partial charge on any atom is 0.140 e. The van der Waals surface area contributed by atoms with E-state index in [1.54, 1.807) is 12.1 Å². The number of ketones is 1. The van der Waals surface area contributed by atoms with E-state index in [0.717, 1.165) is 19.3 Å². The molecule has 1 saturated carbocycles. The minimum Gasteiger partial charge on any atom is -0.299 e. The molecule has 1 aliphatic rings. The molecule has 0 spiro atoms. The number of rotatable bonds is 3. The number of hydrogen-bond donors (Lipinski definition) is 0. The zero-order chi connectivity index (χ0) is 13.3. The van der Waals surface area contributed by atoms with Crippen LogP contribution in [0.4, 0.5) is 4.39 Å². The lowest BCUT2D eigenvalue weighted by atomic mass is 9.78. The zero-order valence-corrected chi connectivity index (χ0v) is 11.6. The topological polar surface area (TPSA) is 17.1 Å². The van der Waals surface area contributed by atoms with Gasteiger partial charge in [-0.2, -0.15) is 0 Å². The summed E-state index contributed by atoms with van der Waals surface area (Å²) in [6.07, 6.45) is 3.27. The maximum atomic E-state index is 13.7. The molecule has 18 heavy (non-hydrogen) atoms. The summed E-state index contributed by atoms with van der Waals surface area (Å²) in [6.45, 7) is 4.25. The third-order valence-electron chi connectivity index (χ3n) is 4.03. The maximum absolute atomic E-state index is 13.7. The predicted octanol–water partition coefficient (Wildman–Crippen LogP) is 4.42. The summed E-state index contributed by atoms with van der Waals surface area (Å²) in [7, 11) is 0. The molecule has 0 N–H and O–H groups in total. The van der Waals surface area contributed by atoms with Gasteiger partial charge in [0.1, 0.15) is 11.6 Å². The van der Waals surface area contributed by atoms with Gasteiger partial charge in [-0.05, 0) is 36.0 Å². The van der Waals surface area contributed by atoms with Crippen LogP contribution in [0.15, 0.2) is 18.2 Å². The molecule has 1 nitrogen and oxygen atoms in total. The number of carbonyl (C=O) groups is 1. The first-order valence-electron chi connectivity index (χ1n) is 6.37. The standard InChI is InChI=1S/C15H18ClFO/c1-15(2)7-3-4-12(15)14(18)8-10-5-6-11(16)9-13(10)17/h5-6,9,12H,3-4,7-8H2,1-2H3. The summed E-state index contributed by atoms with van der Waals surface area (Å²) >= 11 is 5.70. The smallest absolute Gasteiger partial charge is 0.140 e. The third kappa shape index (κ3) is 2.74. The van der Waals surface area contributed by atoms with E-state index in [9.17, 15) is 9.18 Å². The summed E-state index contributed by atoms with van der Waals surface area (Å²) in [5, 5.41) is 0.366. The predicted molar refractivity (Wildman–Crippen MR) is 71.2 cm³/mol. The second kappa shape index (κ2) is 5.00. The Morgan fingerprint density at radius 1 is 1.50 bits per heavy atom. The number of halogens is 2. The van der Waals surface area contributed by atoms with Gasteiger partial charge in [-0.15, -0.1) is 0 Å². The lowest BCUT2D eigenvalue weighted by Crippen LogP contribution is -2.27. The highest BCUT2D eigenvalue weighted by Gasteiger charge is 2.38. The van der Waals surface area contributed by atoms with Gasteiger partial charge in [0.2, 0.25) is 0 Å². The Kier molecular flexibility index (Phi) is 3.76. The molecule has 3 heteroatoms. The third-order valence-corrected chi connectivity index (χ3v) is 4.26. The Bertz CT molecular complexity index is 468. The molecule has 0 heterocycles. The van der Waals surface area contributed by atoms with Crippen molar-refractivity contribution in [3.8, 4) is 0 Å². The van der Waals surface area contributed by atoms with Crippen molar-refractivity contribution in [2.45, 2.75) is 39.5 Å². The van der Waals surface area contributed by atoms with Crippen LogP contribution in [0.5, 0.6) is 0 Å². The van der Waals surface area contributed by atoms with Gasteiger partial charge in [0.15, 0.2) is 0 Å². The van der Waals surface area contributed by atoms with E-state index >= 15 is 0 Å². The first-order chi connectivity index (χ1) is 8.40. The fourth-order valence-electron chi connectivity index (χ4n) is 2.90. The molecule has 0 amide bonds. The van der Waals surface area contributed by atoms with Crippen LogP contribution in [-0.4, -0.2) is 5.78 Å². The first-order valence-corrected chi connectivity index (χ1v) is 6.74. The van der Waals surface area contributed by atoms with E-state index < -0.39 is 0 Å². The van der Waals surface area contributed by atoms with Crippen molar-refractivity contribution in [1.82, 2.24) is 0 Å². The molecule has 0 saturated heterocycles. The Morgan fingerprint density at radius 3 is 2.78 bits per heavy atom. The monoisotopic (exact) mass is 268 g/mol. The van der Waals surface area contributed by atoms with Gasteiger partial charge in [-0.1, -0.05) is 37.9 Å².